The van der Waals surface area contributed by atoms with E-state index in [4.69, 9.17) is 9.72 Å². The molecular formula is C31H41F3N6O3Si. The Kier molecular flexibility index (Phi) is 9.08. The summed E-state index contributed by atoms with van der Waals surface area (Å²) < 4.78 is 52.2. The third kappa shape index (κ3) is 6.78. The van der Waals surface area contributed by atoms with Crippen LogP contribution in [0.15, 0.2) is 46.2 Å². The highest BCUT2D eigenvalue weighted by atomic mass is 28.3. The van der Waals surface area contributed by atoms with Crippen molar-refractivity contribution >= 4 is 19.2 Å². The first-order valence-electron chi connectivity index (χ1n) is 15.3. The van der Waals surface area contributed by atoms with E-state index in [1.165, 1.54) is 16.7 Å². The molecule has 44 heavy (non-hydrogen) atoms. The Morgan fingerprint density at radius 2 is 1.77 bits per heavy atom. The number of fused-ring (bicyclic) bond motifs is 1. The number of imidazole rings is 1. The normalized spacial score (nSPS) is 17.1. The summed E-state index contributed by atoms with van der Waals surface area (Å²) in [5.41, 5.74) is 0.627. The molecule has 4 aromatic rings. The van der Waals surface area contributed by atoms with Gasteiger partial charge < -0.3 is 4.74 Å². The van der Waals surface area contributed by atoms with Crippen LogP contribution in [0.3, 0.4) is 0 Å². The minimum absolute atomic E-state index is 0.0369. The molecular weight excluding hydrogens is 589 g/mol. The lowest BCUT2D eigenvalue weighted by molar-refractivity contribution is -0.137. The van der Waals surface area contributed by atoms with E-state index in [0.717, 1.165) is 18.5 Å². The fourth-order valence-corrected chi connectivity index (χ4v) is 6.40. The van der Waals surface area contributed by atoms with Gasteiger partial charge in [0, 0.05) is 40.5 Å². The number of benzene rings is 1. The van der Waals surface area contributed by atoms with Gasteiger partial charge in [0.15, 0.2) is 11.2 Å². The second-order valence-corrected chi connectivity index (χ2v) is 18.6. The van der Waals surface area contributed by atoms with Crippen LogP contribution in [0.25, 0.3) is 22.6 Å². The number of halogens is 3. The van der Waals surface area contributed by atoms with Crippen molar-refractivity contribution in [1.82, 2.24) is 28.5 Å². The van der Waals surface area contributed by atoms with Crippen LogP contribution in [0.4, 0.5) is 13.2 Å². The van der Waals surface area contributed by atoms with Crippen LogP contribution >= 0.6 is 0 Å². The van der Waals surface area contributed by atoms with Crippen molar-refractivity contribution in [3.8, 4) is 11.4 Å². The zero-order chi connectivity index (χ0) is 31.8. The smallest absolute Gasteiger partial charge is 0.361 e. The maximum atomic E-state index is 13.7. The summed E-state index contributed by atoms with van der Waals surface area (Å²) in [6, 6.07) is 6.51. The molecule has 1 fully saturated rings. The van der Waals surface area contributed by atoms with Crippen molar-refractivity contribution in [2.75, 3.05) is 6.61 Å². The fraction of sp³-hybridized carbons (Fsp3) is 0.548. The summed E-state index contributed by atoms with van der Waals surface area (Å²) >= 11 is 0. The number of hydrogen-bond donors (Lipinski definition) is 0. The van der Waals surface area contributed by atoms with Crippen LogP contribution in [0, 0.1) is 5.92 Å². The zero-order valence-electron chi connectivity index (χ0n) is 26.0. The first-order chi connectivity index (χ1) is 20.8. The van der Waals surface area contributed by atoms with E-state index in [1.807, 2.05) is 20.0 Å². The van der Waals surface area contributed by atoms with E-state index in [0.29, 0.717) is 67.2 Å². The second kappa shape index (κ2) is 12.5. The molecule has 0 aliphatic heterocycles. The first-order valence-corrected chi connectivity index (χ1v) is 19.0. The molecule has 0 amide bonds. The van der Waals surface area contributed by atoms with Crippen molar-refractivity contribution in [2.24, 2.45) is 5.92 Å². The van der Waals surface area contributed by atoms with Crippen molar-refractivity contribution in [3.05, 3.63) is 68.6 Å². The molecule has 1 aliphatic carbocycles. The monoisotopic (exact) mass is 630 g/mol. The lowest BCUT2D eigenvalue weighted by Crippen LogP contribution is -2.40. The Labute approximate surface area is 255 Å². The van der Waals surface area contributed by atoms with Gasteiger partial charge in [-0.1, -0.05) is 51.7 Å². The van der Waals surface area contributed by atoms with Crippen molar-refractivity contribution in [2.45, 2.75) is 97.3 Å². The number of aryl methyl sites for hydroxylation is 1. The number of hydrogen-bond acceptors (Lipinski definition) is 5. The minimum Gasteiger partial charge on any atom is -0.361 e. The molecule has 1 saturated carbocycles. The van der Waals surface area contributed by atoms with Crippen LogP contribution in [0.1, 0.15) is 50.2 Å². The fourth-order valence-electron chi connectivity index (χ4n) is 5.64. The molecule has 238 valence electrons. The van der Waals surface area contributed by atoms with E-state index in [2.05, 4.69) is 24.7 Å². The van der Waals surface area contributed by atoms with Crippen LogP contribution in [-0.2, 0) is 37.3 Å². The van der Waals surface area contributed by atoms with Gasteiger partial charge in [-0.15, -0.1) is 0 Å². The van der Waals surface area contributed by atoms with E-state index < -0.39 is 19.8 Å². The van der Waals surface area contributed by atoms with Gasteiger partial charge in [-0.25, -0.2) is 9.78 Å². The first kappa shape index (κ1) is 32.0. The molecule has 5 rings (SSSR count). The summed E-state index contributed by atoms with van der Waals surface area (Å²) in [4.78, 5) is 31.9. The minimum atomic E-state index is -4.37. The Bertz CT molecular complexity index is 1750. The topological polar surface area (TPSA) is 88.9 Å². The average Bonchev–Trinajstić information content (AvgIpc) is 3.38. The molecule has 0 spiro atoms. The van der Waals surface area contributed by atoms with Gasteiger partial charge >= 0.3 is 11.9 Å². The SMILES string of the molecule is CCCn1c(=O)c2c(nc(-c3cnn(CC4C[C@@H]4c4cccc(C(F)(F)F)c4)c3)n2COCC[Si](C)(C)C)n(CCC)c1=O. The molecule has 0 radical (unpaired) electrons. The van der Waals surface area contributed by atoms with Crippen molar-refractivity contribution in [1.29, 1.82) is 0 Å². The molecule has 0 N–H and O–H groups in total. The highest BCUT2D eigenvalue weighted by Crippen LogP contribution is 2.49. The van der Waals surface area contributed by atoms with Gasteiger partial charge in [0.05, 0.1) is 17.3 Å². The number of alkyl halides is 3. The molecule has 0 saturated heterocycles. The third-order valence-corrected chi connectivity index (χ3v) is 9.81. The van der Waals surface area contributed by atoms with Crippen molar-refractivity contribution in [3.63, 3.8) is 0 Å². The Morgan fingerprint density at radius 3 is 2.45 bits per heavy atom. The highest BCUT2D eigenvalue weighted by Gasteiger charge is 2.40. The number of nitrogens with zero attached hydrogens (tertiary/aromatic N) is 6. The van der Waals surface area contributed by atoms with Crippen LogP contribution in [0.5, 0.6) is 0 Å². The van der Waals surface area contributed by atoms with Crippen LogP contribution in [0.2, 0.25) is 25.7 Å². The number of aromatic nitrogens is 6. The maximum absolute atomic E-state index is 13.7. The molecule has 1 aliphatic rings. The Morgan fingerprint density at radius 1 is 1.05 bits per heavy atom. The van der Waals surface area contributed by atoms with Gasteiger partial charge in [-0.05, 0) is 48.8 Å². The van der Waals surface area contributed by atoms with E-state index in [9.17, 15) is 22.8 Å². The van der Waals surface area contributed by atoms with Gasteiger partial charge in [-0.2, -0.15) is 18.3 Å². The Hall–Kier alpha value is -3.45. The Balaban J connectivity index is 1.47. The standard InChI is InChI=1S/C31H41F3N6O3Si/c1-6-11-38-28-26(29(41)39(12-7-2)30(38)42)40(20-43-13-14-44(3,4)5)27(36-28)23-17-35-37(19-23)18-22-16-25(22)21-9-8-10-24(15-21)31(32,33)34/h8-10,15,17,19,22,25H,6-7,11-14,16,18,20H2,1-5H3/t22?,25-/m1/s1. The molecule has 1 unspecified atom stereocenters. The molecule has 2 atom stereocenters. The lowest BCUT2D eigenvalue weighted by atomic mass is 10.1. The largest absolute Gasteiger partial charge is 0.416 e. The summed E-state index contributed by atoms with van der Waals surface area (Å²) in [5.74, 6) is 0.681. The molecule has 9 nitrogen and oxygen atoms in total. The third-order valence-electron chi connectivity index (χ3n) is 8.10. The average molecular weight is 631 g/mol. The maximum Gasteiger partial charge on any atom is 0.416 e. The van der Waals surface area contributed by atoms with E-state index in [-0.39, 0.29) is 29.8 Å². The zero-order valence-corrected chi connectivity index (χ0v) is 27.0. The van der Waals surface area contributed by atoms with E-state index in [1.54, 1.807) is 26.1 Å². The van der Waals surface area contributed by atoms with Gasteiger partial charge in [0.25, 0.3) is 5.56 Å². The predicted octanol–water partition coefficient (Wildman–Crippen LogP) is 6.18. The quantitative estimate of drug-likeness (QED) is 0.130. The number of ether oxygens (including phenoxy) is 1. The van der Waals surface area contributed by atoms with Crippen molar-refractivity contribution < 1.29 is 17.9 Å². The summed E-state index contributed by atoms with van der Waals surface area (Å²) in [7, 11) is -1.35. The molecule has 0 bridgehead atoms. The molecule has 13 heteroatoms. The van der Waals surface area contributed by atoms with Gasteiger partial charge in [0.2, 0.25) is 0 Å². The molecule has 3 aromatic heterocycles. The second-order valence-electron chi connectivity index (χ2n) is 13.0. The van der Waals surface area contributed by atoms with E-state index >= 15 is 0 Å². The molecule has 3 heterocycles. The highest BCUT2D eigenvalue weighted by molar-refractivity contribution is 6.76. The summed E-state index contributed by atoms with van der Waals surface area (Å²) in [6.45, 7) is 12.6. The number of rotatable bonds is 13. The van der Waals surface area contributed by atoms with Gasteiger partial charge in [-0.3, -0.25) is 23.2 Å². The van der Waals surface area contributed by atoms with Crippen LogP contribution < -0.4 is 11.2 Å². The van der Waals surface area contributed by atoms with Gasteiger partial charge in [0.1, 0.15) is 12.6 Å². The molecule has 1 aromatic carbocycles. The predicted molar refractivity (Wildman–Crippen MR) is 166 cm³/mol. The lowest BCUT2D eigenvalue weighted by Gasteiger charge is -2.16. The summed E-state index contributed by atoms with van der Waals surface area (Å²) in [5, 5.41) is 4.54. The van der Waals surface area contributed by atoms with Crippen LogP contribution in [-0.4, -0.2) is 43.1 Å². The summed E-state index contributed by atoms with van der Waals surface area (Å²) in [6.07, 6.45) is 1.25.